The third kappa shape index (κ3) is 11.7. The van der Waals surface area contributed by atoms with Gasteiger partial charge in [0.15, 0.2) is 12.4 Å². The van der Waals surface area contributed by atoms with E-state index in [4.69, 9.17) is 23.8 Å². The second-order valence-corrected chi connectivity index (χ2v) is 15.6. The van der Waals surface area contributed by atoms with E-state index in [9.17, 15) is 18.0 Å². The van der Waals surface area contributed by atoms with Crippen LogP contribution in [0.2, 0.25) is 0 Å². The van der Waals surface area contributed by atoms with Crippen molar-refractivity contribution in [1.29, 1.82) is 0 Å². The van der Waals surface area contributed by atoms with E-state index in [1.807, 2.05) is 60.0 Å². The fourth-order valence-electron chi connectivity index (χ4n) is 6.45. The summed E-state index contributed by atoms with van der Waals surface area (Å²) in [5.41, 5.74) is 4.07. The Kier molecular flexibility index (Phi) is 14.4. The van der Waals surface area contributed by atoms with Gasteiger partial charge in [0, 0.05) is 72.9 Å². The minimum absolute atomic E-state index is 0.0785. The standard InChI is InChI=1S/C38H53N3O9S/c1-7-16-40(18-8-10-22-47-50-49-28(2)3)36(42)13-12-19-41-34-26-35-31(24-32(34)29(4)27-38(41,5)6)25-33(37(43)48-35)30-14-20-39(21-15-30)17-9-11-23-51(44,45)46/h14-15,20-21,24-28H,7-13,16-19,22-23H2,1-6H3/p+1. The number of unbranched alkanes of at least 4 members (excludes halogenated alkanes) is 2. The van der Waals surface area contributed by atoms with Gasteiger partial charge in [-0.25, -0.2) is 19.1 Å². The highest BCUT2D eigenvalue weighted by molar-refractivity contribution is 7.85. The molecule has 0 saturated heterocycles. The molecule has 0 saturated carbocycles. The zero-order valence-electron chi connectivity index (χ0n) is 30.9. The minimum Gasteiger partial charge on any atom is -0.422 e. The number of amides is 1. The van der Waals surface area contributed by atoms with Gasteiger partial charge < -0.3 is 14.2 Å². The number of nitrogens with zero attached hydrogens (tertiary/aromatic N) is 3. The molecule has 12 nitrogen and oxygen atoms in total. The van der Waals surface area contributed by atoms with E-state index >= 15 is 0 Å². The van der Waals surface area contributed by atoms with Crippen molar-refractivity contribution >= 4 is 38.3 Å². The average Bonchev–Trinajstić information content (AvgIpc) is 3.05. The van der Waals surface area contributed by atoms with Crippen molar-refractivity contribution in [3.63, 3.8) is 0 Å². The maximum atomic E-state index is 13.3. The smallest absolute Gasteiger partial charge is 0.344 e. The van der Waals surface area contributed by atoms with Gasteiger partial charge in [-0.15, -0.1) is 0 Å². The van der Waals surface area contributed by atoms with Crippen LogP contribution in [0.3, 0.4) is 0 Å². The molecule has 1 N–H and O–H groups in total. The van der Waals surface area contributed by atoms with E-state index in [1.54, 1.807) is 0 Å². The topological polar surface area (TPSA) is 140 Å². The van der Waals surface area contributed by atoms with Gasteiger partial charge in [0.05, 0.1) is 29.6 Å². The predicted molar refractivity (Wildman–Crippen MR) is 197 cm³/mol. The van der Waals surface area contributed by atoms with Crippen LogP contribution in [0.4, 0.5) is 5.69 Å². The van der Waals surface area contributed by atoms with Gasteiger partial charge in [-0.05, 0) is 84.4 Å². The Morgan fingerprint density at radius 3 is 2.45 bits per heavy atom. The second-order valence-electron chi connectivity index (χ2n) is 14.0. The molecule has 4 rings (SSSR count). The highest BCUT2D eigenvalue weighted by atomic mass is 32.2. The number of hydrogen-bond donors (Lipinski definition) is 1. The number of rotatable bonds is 20. The van der Waals surface area contributed by atoms with E-state index in [-0.39, 0.29) is 23.3 Å². The van der Waals surface area contributed by atoms with Crippen LogP contribution < -0.4 is 15.1 Å². The molecule has 2 aromatic heterocycles. The van der Waals surface area contributed by atoms with Gasteiger partial charge in [0.1, 0.15) is 12.1 Å². The average molecular weight is 729 g/mol. The van der Waals surface area contributed by atoms with E-state index in [0.717, 1.165) is 41.5 Å². The Labute approximate surface area is 301 Å². The summed E-state index contributed by atoms with van der Waals surface area (Å²) in [6.07, 6.45) is 10.3. The summed E-state index contributed by atoms with van der Waals surface area (Å²) >= 11 is 0. The molecule has 0 atom stereocenters. The van der Waals surface area contributed by atoms with Gasteiger partial charge in [0.25, 0.3) is 10.1 Å². The number of aryl methyl sites for hydroxylation is 1. The number of pyridine rings is 1. The molecule has 1 aromatic carbocycles. The van der Waals surface area contributed by atoms with Crippen LogP contribution in [0.1, 0.15) is 92.1 Å². The first-order valence-corrected chi connectivity index (χ1v) is 19.6. The van der Waals surface area contributed by atoms with E-state index < -0.39 is 15.7 Å². The maximum absolute atomic E-state index is 13.3. The van der Waals surface area contributed by atoms with Gasteiger partial charge in [-0.3, -0.25) is 9.35 Å². The number of carbonyl (C=O) groups is 1. The Bertz CT molecular complexity index is 1820. The van der Waals surface area contributed by atoms with E-state index in [1.165, 1.54) is 0 Å². The zero-order valence-corrected chi connectivity index (χ0v) is 31.7. The second kappa shape index (κ2) is 18.2. The van der Waals surface area contributed by atoms with Gasteiger partial charge in [-0.1, -0.05) is 18.0 Å². The summed E-state index contributed by atoms with van der Waals surface area (Å²) in [7, 11) is -3.96. The van der Waals surface area contributed by atoms with Crippen molar-refractivity contribution in [2.24, 2.45) is 0 Å². The molecule has 3 heterocycles. The van der Waals surface area contributed by atoms with Crippen LogP contribution in [0.25, 0.3) is 27.7 Å². The van der Waals surface area contributed by atoms with Crippen molar-refractivity contribution in [3.05, 3.63) is 64.8 Å². The minimum atomic E-state index is -3.96. The lowest BCUT2D eigenvalue weighted by atomic mass is 9.87. The van der Waals surface area contributed by atoms with Crippen LogP contribution in [0, 0.1) is 0 Å². The Morgan fingerprint density at radius 1 is 1.04 bits per heavy atom. The summed E-state index contributed by atoms with van der Waals surface area (Å²) in [5.74, 6) is -0.127. The van der Waals surface area contributed by atoms with Crippen molar-refractivity contribution in [2.75, 3.05) is 36.9 Å². The Morgan fingerprint density at radius 2 is 1.76 bits per heavy atom. The monoisotopic (exact) mass is 728 g/mol. The summed E-state index contributed by atoms with van der Waals surface area (Å²) in [5, 5.41) is 5.52. The first kappa shape index (κ1) is 40.2. The number of anilines is 1. The number of benzene rings is 1. The normalized spacial score (nSPS) is 14.2. The Balaban J connectivity index is 1.43. The SMILES string of the molecule is CCCN(CCCCOOOC(C)C)C(=O)CCCN1c2cc3oc(=O)c(-c4cc[n+](CCCCS(=O)(=O)O)cc4)cc3cc2C(C)=CC1(C)C. The lowest BCUT2D eigenvalue weighted by Crippen LogP contribution is -2.46. The van der Waals surface area contributed by atoms with Gasteiger partial charge >= 0.3 is 5.63 Å². The van der Waals surface area contributed by atoms with Crippen LogP contribution in [-0.4, -0.2) is 67.4 Å². The zero-order chi connectivity index (χ0) is 37.2. The molecule has 51 heavy (non-hydrogen) atoms. The first-order chi connectivity index (χ1) is 24.2. The lowest BCUT2D eigenvalue weighted by molar-refractivity contribution is -0.697. The Hall–Kier alpha value is -3.62. The molecular weight excluding hydrogens is 674 g/mol. The van der Waals surface area contributed by atoms with Crippen LogP contribution in [0.5, 0.6) is 0 Å². The first-order valence-electron chi connectivity index (χ1n) is 17.9. The van der Waals surface area contributed by atoms with Gasteiger partial charge in [0.2, 0.25) is 5.91 Å². The molecule has 0 aliphatic carbocycles. The van der Waals surface area contributed by atoms with Crippen LogP contribution in [0.15, 0.2) is 58.0 Å². The summed E-state index contributed by atoms with van der Waals surface area (Å²) in [6, 6.07) is 9.56. The quantitative estimate of drug-likeness (QED) is 0.0342. The fourth-order valence-corrected chi connectivity index (χ4v) is 7.02. The van der Waals surface area contributed by atoms with Gasteiger partial charge in [-0.2, -0.15) is 8.42 Å². The molecule has 0 bridgehead atoms. The maximum Gasteiger partial charge on any atom is 0.344 e. The largest absolute Gasteiger partial charge is 0.422 e. The number of aromatic nitrogens is 1. The third-order valence-electron chi connectivity index (χ3n) is 8.91. The van der Waals surface area contributed by atoms with E-state index in [2.05, 4.69) is 44.7 Å². The highest BCUT2D eigenvalue weighted by Crippen LogP contribution is 2.41. The molecule has 0 unspecified atom stereocenters. The molecule has 0 fully saturated rings. The highest BCUT2D eigenvalue weighted by Gasteiger charge is 2.32. The predicted octanol–water partition coefficient (Wildman–Crippen LogP) is 6.50. The number of carbonyl (C=O) groups excluding carboxylic acids is 1. The molecule has 0 radical (unpaired) electrons. The molecule has 1 amide bonds. The summed E-state index contributed by atoms with van der Waals surface area (Å²) < 4.78 is 38.7. The number of fused-ring (bicyclic) bond motifs is 2. The number of allylic oxidation sites excluding steroid dienone is 1. The molecular formula is C38H54N3O9S+. The van der Waals surface area contributed by atoms with E-state index in [0.29, 0.717) is 75.2 Å². The molecule has 0 spiro atoms. The molecule has 3 aromatic rings. The molecule has 1 aliphatic heterocycles. The molecule has 13 heteroatoms. The van der Waals surface area contributed by atoms with Crippen LogP contribution in [-0.2, 0) is 36.3 Å². The summed E-state index contributed by atoms with van der Waals surface area (Å²) in [6.45, 7) is 15.2. The van der Waals surface area contributed by atoms with Crippen molar-refractivity contribution < 1.29 is 41.6 Å². The van der Waals surface area contributed by atoms with Crippen molar-refractivity contribution in [2.45, 2.75) is 105 Å². The third-order valence-corrected chi connectivity index (χ3v) is 9.71. The number of hydrogen-bond acceptors (Lipinski definition) is 9. The summed E-state index contributed by atoms with van der Waals surface area (Å²) in [4.78, 5) is 40.7. The molecule has 1 aliphatic rings. The molecule has 280 valence electrons. The van der Waals surface area contributed by atoms with Crippen LogP contribution >= 0.6 is 0 Å². The van der Waals surface area contributed by atoms with Crippen molar-refractivity contribution in [1.82, 2.24) is 4.90 Å². The lowest BCUT2D eigenvalue weighted by Gasteiger charge is -2.43. The fraction of sp³-hybridized carbons (Fsp3) is 0.553. The van der Waals surface area contributed by atoms with Crippen molar-refractivity contribution in [3.8, 4) is 11.1 Å².